The molecule has 0 aliphatic carbocycles. The standard InChI is InChI=1S/C28H29N3O2/c1-20-14-21(2)16-24(15-20)33-13-12-31-26-11-7-6-10-25(26)29-28(31)23-17-27(32)30(19-23)18-22-8-4-3-5-9-22/h3-11,14-16,23H,12-13,17-19H2,1-2H3/t23-/m0/s1. The smallest absolute Gasteiger partial charge is 0.223 e. The molecule has 1 saturated heterocycles. The van der Waals surface area contributed by atoms with Crippen LogP contribution < -0.4 is 4.74 Å². The first-order valence-electron chi connectivity index (χ1n) is 11.5. The van der Waals surface area contributed by atoms with Gasteiger partial charge in [-0.2, -0.15) is 0 Å². The quantitative estimate of drug-likeness (QED) is 0.395. The molecule has 5 nitrogen and oxygen atoms in total. The Morgan fingerprint density at radius 2 is 1.70 bits per heavy atom. The van der Waals surface area contributed by atoms with Gasteiger partial charge >= 0.3 is 0 Å². The maximum Gasteiger partial charge on any atom is 0.223 e. The number of likely N-dealkylation sites (tertiary alicyclic amines) is 1. The fraction of sp³-hybridized carbons (Fsp3) is 0.286. The van der Waals surface area contributed by atoms with Gasteiger partial charge in [0.25, 0.3) is 0 Å². The van der Waals surface area contributed by atoms with Gasteiger partial charge in [0.2, 0.25) is 5.91 Å². The Hall–Kier alpha value is -3.60. The summed E-state index contributed by atoms with van der Waals surface area (Å²) in [6, 6.07) is 24.6. The number of fused-ring (bicyclic) bond motifs is 1. The number of hydrogen-bond acceptors (Lipinski definition) is 3. The number of carbonyl (C=O) groups is 1. The molecule has 1 aliphatic heterocycles. The first-order valence-corrected chi connectivity index (χ1v) is 11.5. The van der Waals surface area contributed by atoms with E-state index >= 15 is 0 Å². The second-order valence-corrected chi connectivity index (χ2v) is 8.94. The number of rotatable bonds is 7. The molecule has 0 radical (unpaired) electrons. The maximum atomic E-state index is 12.8. The van der Waals surface area contributed by atoms with E-state index in [4.69, 9.17) is 9.72 Å². The Kier molecular flexibility index (Phi) is 5.86. The van der Waals surface area contributed by atoms with Crippen molar-refractivity contribution < 1.29 is 9.53 Å². The summed E-state index contributed by atoms with van der Waals surface area (Å²) in [6.45, 7) is 6.73. The van der Waals surface area contributed by atoms with E-state index in [1.54, 1.807) is 0 Å². The predicted molar refractivity (Wildman–Crippen MR) is 130 cm³/mol. The average Bonchev–Trinajstić information content (AvgIpc) is 3.34. The third-order valence-electron chi connectivity index (χ3n) is 6.26. The van der Waals surface area contributed by atoms with Crippen molar-refractivity contribution in [2.45, 2.75) is 39.3 Å². The lowest BCUT2D eigenvalue weighted by Crippen LogP contribution is -2.24. The molecule has 0 spiro atoms. The van der Waals surface area contributed by atoms with Crippen LogP contribution in [-0.4, -0.2) is 33.5 Å². The molecule has 4 aromatic rings. The van der Waals surface area contributed by atoms with Gasteiger partial charge in [0, 0.05) is 25.4 Å². The van der Waals surface area contributed by atoms with Gasteiger partial charge in [-0.15, -0.1) is 0 Å². The Morgan fingerprint density at radius 1 is 0.970 bits per heavy atom. The van der Waals surface area contributed by atoms with Gasteiger partial charge in [-0.3, -0.25) is 4.79 Å². The average molecular weight is 440 g/mol. The number of aromatic nitrogens is 2. The molecular weight excluding hydrogens is 410 g/mol. The van der Waals surface area contributed by atoms with E-state index in [9.17, 15) is 4.79 Å². The lowest BCUT2D eigenvalue weighted by Gasteiger charge is -2.17. The maximum absolute atomic E-state index is 12.8. The van der Waals surface area contributed by atoms with Crippen LogP contribution in [-0.2, 0) is 17.9 Å². The minimum absolute atomic E-state index is 0.0785. The highest BCUT2D eigenvalue weighted by molar-refractivity contribution is 5.81. The van der Waals surface area contributed by atoms with E-state index in [2.05, 4.69) is 54.8 Å². The Balaban J connectivity index is 1.36. The van der Waals surface area contributed by atoms with Gasteiger partial charge in [-0.05, 0) is 54.8 Å². The van der Waals surface area contributed by atoms with Crippen LogP contribution >= 0.6 is 0 Å². The minimum Gasteiger partial charge on any atom is -0.492 e. The summed E-state index contributed by atoms with van der Waals surface area (Å²) < 4.78 is 8.34. The number of carbonyl (C=O) groups excluding carboxylic acids is 1. The first-order chi connectivity index (χ1) is 16.1. The number of nitrogens with zero attached hydrogens (tertiary/aromatic N) is 3. The highest BCUT2D eigenvalue weighted by atomic mass is 16.5. The number of para-hydroxylation sites is 2. The van der Waals surface area contributed by atoms with Crippen LogP contribution in [0.4, 0.5) is 0 Å². The van der Waals surface area contributed by atoms with Gasteiger partial charge in [0.15, 0.2) is 0 Å². The second-order valence-electron chi connectivity index (χ2n) is 8.94. The van der Waals surface area contributed by atoms with E-state index in [0.29, 0.717) is 32.7 Å². The van der Waals surface area contributed by atoms with Crippen molar-refractivity contribution in [3.8, 4) is 5.75 Å². The molecule has 1 aliphatic rings. The molecule has 1 amide bonds. The topological polar surface area (TPSA) is 47.4 Å². The molecule has 3 aromatic carbocycles. The lowest BCUT2D eigenvalue weighted by molar-refractivity contribution is -0.128. The summed E-state index contributed by atoms with van der Waals surface area (Å²) in [4.78, 5) is 19.7. The van der Waals surface area contributed by atoms with E-state index in [1.165, 1.54) is 11.1 Å². The summed E-state index contributed by atoms with van der Waals surface area (Å²) in [7, 11) is 0. The van der Waals surface area contributed by atoms with Crippen LogP contribution in [0.15, 0.2) is 72.8 Å². The summed E-state index contributed by atoms with van der Waals surface area (Å²) in [5.74, 6) is 2.14. The number of ether oxygens (including phenoxy) is 1. The van der Waals surface area contributed by atoms with Crippen molar-refractivity contribution in [3.63, 3.8) is 0 Å². The summed E-state index contributed by atoms with van der Waals surface area (Å²) in [5.41, 5.74) is 5.60. The zero-order chi connectivity index (χ0) is 22.8. The Morgan fingerprint density at radius 3 is 2.48 bits per heavy atom. The van der Waals surface area contributed by atoms with Crippen LogP contribution in [0.3, 0.4) is 0 Å². The van der Waals surface area contributed by atoms with Gasteiger partial charge in [0.1, 0.15) is 18.2 Å². The number of hydrogen-bond donors (Lipinski definition) is 0. The number of amides is 1. The molecule has 0 unspecified atom stereocenters. The molecule has 0 saturated carbocycles. The van der Waals surface area contributed by atoms with Crippen LogP contribution in [0.5, 0.6) is 5.75 Å². The number of benzene rings is 3. The van der Waals surface area contributed by atoms with E-state index in [0.717, 1.165) is 28.2 Å². The van der Waals surface area contributed by atoms with Gasteiger partial charge in [-0.25, -0.2) is 4.98 Å². The van der Waals surface area contributed by atoms with Crippen molar-refractivity contribution in [1.82, 2.24) is 14.5 Å². The van der Waals surface area contributed by atoms with Crippen molar-refractivity contribution in [3.05, 3.63) is 95.3 Å². The monoisotopic (exact) mass is 439 g/mol. The Labute approximate surface area is 194 Å². The van der Waals surface area contributed by atoms with Crippen LogP contribution in [0.1, 0.15) is 34.9 Å². The summed E-state index contributed by atoms with van der Waals surface area (Å²) in [6.07, 6.45) is 0.494. The SMILES string of the molecule is Cc1cc(C)cc(OCCn2c([C@H]3CC(=O)N(Cc4ccccc4)C3)nc3ccccc32)c1. The molecule has 1 aromatic heterocycles. The van der Waals surface area contributed by atoms with Gasteiger partial charge < -0.3 is 14.2 Å². The fourth-order valence-electron chi connectivity index (χ4n) is 4.81. The van der Waals surface area contributed by atoms with E-state index < -0.39 is 0 Å². The molecular formula is C28H29N3O2. The highest BCUT2D eigenvalue weighted by Crippen LogP contribution is 2.31. The van der Waals surface area contributed by atoms with Crippen LogP contribution in [0, 0.1) is 13.8 Å². The zero-order valence-corrected chi connectivity index (χ0v) is 19.2. The molecule has 2 heterocycles. The molecule has 0 bridgehead atoms. The molecule has 5 rings (SSSR count). The molecule has 1 fully saturated rings. The highest BCUT2D eigenvalue weighted by Gasteiger charge is 2.33. The van der Waals surface area contributed by atoms with Crippen LogP contribution in [0.25, 0.3) is 11.0 Å². The molecule has 33 heavy (non-hydrogen) atoms. The lowest BCUT2D eigenvalue weighted by atomic mass is 10.1. The third kappa shape index (κ3) is 4.63. The Bertz CT molecular complexity index is 1260. The molecule has 1 atom stereocenters. The number of aryl methyl sites for hydroxylation is 2. The van der Waals surface area contributed by atoms with Crippen molar-refractivity contribution in [1.29, 1.82) is 0 Å². The fourth-order valence-corrected chi connectivity index (χ4v) is 4.81. The van der Waals surface area contributed by atoms with Crippen LogP contribution in [0.2, 0.25) is 0 Å². The zero-order valence-electron chi connectivity index (χ0n) is 19.2. The van der Waals surface area contributed by atoms with Gasteiger partial charge in [0.05, 0.1) is 17.6 Å². The normalized spacial score (nSPS) is 16.0. The predicted octanol–water partition coefficient (Wildman–Crippen LogP) is 5.25. The molecule has 168 valence electrons. The number of imidazole rings is 1. The summed E-state index contributed by atoms with van der Waals surface area (Å²) >= 11 is 0. The van der Waals surface area contributed by atoms with E-state index in [-0.39, 0.29) is 11.8 Å². The second kappa shape index (κ2) is 9.10. The summed E-state index contributed by atoms with van der Waals surface area (Å²) in [5, 5.41) is 0. The first kappa shape index (κ1) is 21.3. The van der Waals surface area contributed by atoms with Crippen molar-refractivity contribution >= 4 is 16.9 Å². The van der Waals surface area contributed by atoms with Gasteiger partial charge in [-0.1, -0.05) is 48.5 Å². The van der Waals surface area contributed by atoms with E-state index in [1.807, 2.05) is 41.3 Å². The molecule has 0 N–H and O–H groups in total. The minimum atomic E-state index is 0.0785. The van der Waals surface area contributed by atoms with Crippen molar-refractivity contribution in [2.24, 2.45) is 0 Å². The third-order valence-corrected chi connectivity index (χ3v) is 6.26. The molecule has 5 heteroatoms. The van der Waals surface area contributed by atoms with Crippen molar-refractivity contribution in [2.75, 3.05) is 13.2 Å². The largest absolute Gasteiger partial charge is 0.492 e.